The van der Waals surface area contributed by atoms with Gasteiger partial charge in [-0.15, -0.1) is 0 Å². The summed E-state index contributed by atoms with van der Waals surface area (Å²) in [5.41, 5.74) is 5.29. The first-order valence-corrected chi connectivity index (χ1v) is 5.95. The van der Waals surface area contributed by atoms with Gasteiger partial charge in [-0.05, 0) is 26.3 Å². The predicted octanol–water partition coefficient (Wildman–Crippen LogP) is 0.326. The van der Waals surface area contributed by atoms with Gasteiger partial charge in [-0.3, -0.25) is 9.69 Å². The summed E-state index contributed by atoms with van der Waals surface area (Å²) in [6, 6.07) is 0.671. The molecule has 1 heterocycles. The molecule has 1 saturated heterocycles. The Balaban J connectivity index is 2.10. The van der Waals surface area contributed by atoms with Crippen molar-refractivity contribution in [3.05, 3.63) is 0 Å². The first-order valence-electron chi connectivity index (χ1n) is 5.95. The first kappa shape index (κ1) is 12.5. The van der Waals surface area contributed by atoms with E-state index in [-0.39, 0.29) is 5.91 Å². The van der Waals surface area contributed by atoms with Crippen LogP contribution in [0.15, 0.2) is 0 Å². The molecule has 1 unspecified atom stereocenters. The fourth-order valence-corrected chi connectivity index (χ4v) is 2.05. The molecule has 1 aliphatic rings. The SMILES string of the molecule is CC1CCCCN1CCNC(=O)CCN. The number of nitrogens with one attached hydrogen (secondary N) is 1. The molecule has 1 aliphatic heterocycles. The monoisotopic (exact) mass is 213 g/mol. The van der Waals surface area contributed by atoms with Gasteiger partial charge < -0.3 is 11.1 Å². The Bertz CT molecular complexity index is 196. The van der Waals surface area contributed by atoms with Crippen LogP contribution in [0.3, 0.4) is 0 Å². The van der Waals surface area contributed by atoms with Crippen molar-refractivity contribution in [3.63, 3.8) is 0 Å². The van der Waals surface area contributed by atoms with Gasteiger partial charge in [-0.1, -0.05) is 6.42 Å². The number of rotatable bonds is 5. The van der Waals surface area contributed by atoms with E-state index in [9.17, 15) is 4.79 Å². The Morgan fingerprint density at radius 2 is 2.33 bits per heavy atom. The third kappa shape index (κ3) is 4.62. The fraction of sp³-hybridized carbons (Fsp3) is 0.909. The maximum Gasteiger partial charge on any atom is 0.221 e. The number of nitrogens with zero attached hydrogens (tertiary/aromatic N) is 1. The van der Waals surface area contributed by atoms with Crippen LogP contribution in [0, 0.1) is 0 Å². The molecule has 0 aromatic carbocycles. The van der Waals surface area contributed by atoms with E-state index in [4.69, 9.17) is 5.73 Å². The van der Waals surface area contributed by atoms with Crippen molar-refractivity contribution in [3.8, 4) is 0 Å². The third-order valence-corrected chi connectivity index (χ3v) is 3.03. The summed E-state index contributed by atoms with van der Waals surface area (Å²) in [4.78, 5) is 13.6. The van der Waals surface area contributed by atoms with Crippen molar-refractivity contribution in [2.75, 3.05) is 26.2 Å². The molecule has 0 saturated carbocycles. The molecule has 4 heteroatoms. The van der Waals surface area contributed by atoms with E-state index < -0.39 is 0 Å². The van der Waals surface area contributed by atoms with Gasteiger partial charge >= 0.3 is 0 Å². The zero-order valence-corrected chi connectivity index (χ0v) is 9.67. The maximum absolute atomic E-state index is 11.2. The van der Waals surface area contributed by atoms with Crippen LogP contribution in [-0.2, 0) is 4.79 Å². The zero-order valence-electron chi connectivity index (χ0n) is 9.67. The van der Waals surface area contributed by atoms with Crippen LogP contribution in [0.4, 0.5) is 0 Å². The number of carbonyl (C=O) groups excluding carboxylic acids is 1. The number of carbonyl (C=O) groups is 1. The number of nitrogens with two attached hydrogens (primary N) is 1. The summed E-state index contributed by atoms with van der Waals surface area (Å²) in [6.07, 6.45) is 4.37. The van der Waals surface area contributed by atoms with Gasteiger partial charge in [0.05, 0.1) is 0 Å². The summed E-state index contributed by atoms with van der Waals surface area (Å²) < 4.78 is 0. The van der Waals surface area contributed by atoms with Crippen molar-refractivity contribution >= 4 is 5.91 Å². The van der Waals surface area contributed by atoms with Crippen molar-refractivity contribution in [2.24, 2.45) is 5.73 Å². The minimum atomic E-state index is 0.0714. The highest BCUT2D eigenvalue weighted by Gasteiger charge is 2.17. The number of piperidine rings is 1. The standard InChI is InChI=1S/C11H23N3O/c1-10-4-2-3-8-14(10)9-7-13-11(15)5-6-12/h10H,2-9,12H2,1H3,(H,13,15). The minimum Gasteiger partial charge on any atom is -0.355 e. The van der Waals surface area contributed by atoms with E-state index in [0.717, 1.165) is 13.1 Å². The Kier molecular flexibility index (Phi) is 5.65. The van der Waals surface area contributed by atoms with E-state index in [0.29, 0.717) is 19.0 Å². The highest BCUT2D eigenvalue weighted by atomic mass is 16.1. The second kappa shape index (κ2) is 6.80. The van der Waals surface area contributed by atoms with E-state index in [2.05, 4.69) is 17.1 Å². The van der Waals surface area contributed by atoms with Crippen LogP contribution in [0.2, 0.25) is 0 Å². The van der Waals surface area contributed by atoms with Crippen LogP contribution >= 0.6 is 0 Å². The second-order valence-corrected chi connectivity index (χ2v) is 4.27. The number of hydrogen-bond acceptors (Lipinski definition) is 3. The Morgan fingerprint density at radius 3 is 3.00 bits per heavy atom. The van der Waals surface area contributed by atoms with E-state index in [1.54, 1.807) is 0 Å². The lowest BCUT2D eigenvalue weighted by Gasteiger charge is -2.33. The van der Waals surface area contributed by atoms with Crippen LogP contribution in [0.5, 0.6) is 0 Å². The lowest BCUT2D eigenvalue weighted by Crippen LogP contribution is -2.42. The maximum atomic E-state index is 11.2. The summed E-state index contributed by atoms with van der Waals surface area (Å²) >= 11 is 0. The van der Waals surface area contributed by atoms with E-state index in [1.807, 2.05) is 0 Å². The molecule has 0 bridgehead atoms. The molecule has 0 aliphatic carbocycles. The van der Waals surface area contributed by atoms with E-state index in [1.165, 1.54) is 25.8 Å². The molecule has 1 fully saturated rings. The first-order chi connectivity index (χ1) is 7.24. The number of amides is 1. The number of hydrogen-bond donors (Lipinski definition) is 2. The van der Waals surface area contributed by atoms with Crippen molar-refractivity contribution in [1.29, 1.82) is 0 Å². The molecule has 0 aromatic heterocycles. The second-order valence-electron chi connectivity index (χ2n) is 4.27. The lowest BCUT2D eigenvalue weighted by molar-refractivity contribution is -0.120. The smallest absolute Gasteiger partial charge is 0.221 e. The molecule has 0 radical (unpaired) electrons. The zero-order chi connectivity index (χ0) is 11.1. The normalized spacial score (nSPS) is 22.7. The Labute approximate surface area is 92.2 Å². The average Bonchev–Trinajstić information content (AvgIpc) is 2.21. The molecule has 15 heavy (non-hydrogen) atoms. The lowest BCUT2D eigenvalue weighted by atomic mass is 10.0. The van der Waals surface area contributed by atoms with Gasteiger partial charge in [0.1, 0.15) is 0 Å². The quantitative estimate of drug-likeness (QED) is 0.692. The van der Waals surface area contributed by atoms with Gasteiger partial charge in [0.25, 0.3) is 0 Å². The van der Waals surface area contributed by atoms with Gasteiger partial charge in [-0.2, -0.15) is 0 Å². The van der Waals surface area contributed by atoms with Crippen LogP contribution in [-0.4, -0.2) is 43.0 Å². The summed E-state index contributed by atoms with van der Waals surface area (Å²) in [5, 5.41) is 2.89. The molecular weight excluding hydrogens is 190 g/mol. The van der Waals surface area contributed by atoms with Crippen molar-refractivity contribution in [2.45, 2.75) is 38.6 Å². The van der Waals surface area contributed by atoms with Crippen molar-refractivity contribution in [1.82, 2.24) is 10.2 Å². The van der Waals surface area contributed by atoms with Gasteiger partial charge in [-0.25, -0.2) is 0 Å². The minimum absolute atomic E-state index is 0.0714. The van der Waals surface area contributed by atoms with Gasteiger partial charge in [0.15, 0.2) is 0 Å². The van der Waals surface area contributed by atoms with Crippen LogP contribution in [0.25, 0.3) is 0 Å². The predicted molar refractivity (Wildman–Crippen MR) is 61.6 cm³/mol. The molecule has 3 N–H and O–H groups in total. The van der Waals surface area contributed by atoms with Gasteiger partial charge in [0, 0.05) is 32.1 Å². The highest BCUT2D eigenvalue weighted by molar-refractivity contribution is 5.75. The Morgan fingerprint density at radius 1 is 1.53 bits per heavy atom. The van der Waals surface area contributed by atoms with Gasteiger partial charge in [0.2, 0.25) is 5.91 Å². The molecule has 0 spiro atoms. The summed E-state index contributed by atoms with van der Waals surface area (Å²) in [6.45, 7) is 5.60. The average molecular weight is 213 g/mol. The molecule has 4 nitrogen and oxygen atoms in total. The van der Waals surface area contributed by atoms with Crippen molar-refractivity contribution < 1.29 is 4.79 Å². The fourth-order valence-electron chi connectivity index (χ4n) is 2.05. The largest absolute Gasteiger partial charge is 0.355 e. The molecule has 88 valence electrons. The molecule has 1 rings (SSSR count). The molecule has 0 aromatic rings. The topological polar surface area (TPSA) is 58.4 Å². The molecule has 1 atom stereocenters. The number of likely N-dealkylation sites (tertiary alicyclic amines) is 1. The summed E-state index contributed by atoms with van der Waals surface area (Å²) in [7, 11) is 0. The van der Waals surface area contributed by atoms with Crippen LogP contribution < -0.4 is 11.1 Å². The molecule has 1 amide bonds. The Hall–Kier alpha value is -0.610. The van der Waals surface area contributed by atoms with Crippen LogP contribution in [0.1, 0.15) is 32.6 Å². The summed E-state index contributed by atoms with van der Waals surface area (Å²) in [5.74, 6) is 0.0714. The van der Waals surface area contributed by atoms with E-state index >= 15 is 0 Å². The molecular formula is C11H23N3O. The highest BCUT2D eigenvalue weighted by Crippen LogP contribution is 2.15. The third-order valence-electron chi connectivity index (χ3n) is 3.03.